The van der Waals surface area contributed by atoms with Gasteiger partial charge in [0, 0.05) is 6.04 Å². The van der Waals surface area contributed by atoms with Crippen molar-refractivity contribution < 1.29 is 4.74 Å². The average Bonchev–Trinajstić information content (AvgIpc) is 2.55. The van der Waals surface area contributed by atoms with Crippen molar-refractivity contribution in [1.29, 1.82) is 0 Å². The molecule has 3 N–H and O–H groups in total. The van der Waals surface area contributed by atoms with Crippen molar-refractivity contribution in [2.45, 2.75) is 52.0 Å². The van der Waals surface area contributed by atoms with Gasteiger partial charge in [0.1, 0.15) is 0 Å². The molecule has 0 radical (unpaired) electrons. The lowest BCUT2D eigenvalue weighted by atomic mass is 9.97. The minimum absolute atomic E-state index is 0.197. The summed E-state index contributed by atoms with van der Waals surface area (Å²) >= 11 is 0. The molecule has 2 unspecified atom stereocenters. The number of anilines is 2. The molecular weight excluding hydrogens is 242 g/mol. The molecule has 19 heavy (non-hydrogen) atoms. The summed E-state index contributed by atoms with van der Waals surface area (Å²) in [5.41, 5.74) is 5.68. The molecular formula is C13H23N5O. The Hall–Kier alpha value is -1.59. The minimum atomic E-state index is 0.197. The van der Waals surface area contributed by atoms with Crippen molar-refractivity contribution in [2.75, 3.05) is 17.7 Å². The van der Waals surface area contributed by atoms with Crippen LogP contribution in [0.1, 0.15) is 46.0 Å². The van der Waals surface area contributed by atoms with Crippen LogP contribution in [0.5, 0.6) is 6.01 Å². The predicted molar refractivity (Wildman–Crippen MR) is 75.1 cm³/mol. The normalized spacial score (nSPS) is 23.7. The Bertz CT molecular complexity index is 412. The van der Waals surface area contributed by atoms with Gasteiger partial charge in [0.15, 0.2) is 0 Å². The minimum Gasteiger partial charge on any atom is -0.464 e. The van der Waals surface area contributed by atoms with Crippen LogP contribution in [0.4, 0.5) is 11.9 Å². The van der Waals surface area contributed by atoms with Crippen molar-refractivity contribution in [3.8, 4) is 6.01 Å². The van der Waals surface area contributed by atoms with Gasteiger partial charge in [-0.3, -0.25) is 0 Å². The third-order valence-electron chi connectivity index (χ3n) is 3.58. The van der Waals surface area contributed by atoms with E-state index in [2.05, 4.69) is 27.2 Å². The molecule has 0 spiro atoms. The van der Waals surface area contributed by atoms with E-state index in [1.54, 1.807) is 0 Å². The lowest BCUT2D eigenvalue weighted by Gasteiger charge is -2.22. The number of rotatable bonds is 4. The maximum atomic E-state index is 5.68. The molecule has 0 amide bonds. The SMILES string of the molecule is CCOc1nc(N)nc(NC2CCCCCC2C)n1. The van der Waals surface area contributed by atoms with Gasteiger partial charge >= 0.3 is 6.01 Å². The van der Waals surface area contributed by atoms with Crippen molar-refractivity contribution in [3.05, 3.63) is 0 Å². The van der Waals surface area contributed by atoms with Crippen molar-refractivity contribution >= 4 is 11.9 Å². The van der Waals surface area contributed by atoms with Crippen molar-refractivity contribution in [1.82, 2.24) is 15.0 Å². The van der Waals surface area contributed by atoms with Crippen LogP contribution in [0.25, 0.3) is 0 Å². The van der Waals surface area contributed by atoms with Gasteiger partial charge in [-0.2, -0.15) is 15.0 Å². The van der Waals surface area contributed by atoms with Crippen LogP contribution in [0.3, 0.4) is 0 Å². The average molecular weight is 265 g/mol. The summed E-state index contributed by atoms with van der Waals surface area (Å²) < 4.78 is 5.29. The number of nitrogen functional groups attached to an aromatic ring is 1. The highest BCUT2D eigenvalue weighted by atomic mass is 16.5. The van der Waals surface area contributed by atoms with E-state index in [1.165, 1.54) is 25.7 Å². The number of nitrogens with zero attached hydrogens (tertiary/aromatic N) is 3. The predicted octanol–water partition coefficient (Wildman–Crippen LogP) is 2.23. The van der Waals surface area contributed by atoms with Gasteiger partial charge in [0.25, 0.3) is 0 Å². The molecule has 6 heteroatoms. The first kappa shape index (κ1) is 13.8. The Balaban J connectivity index is 2.08. The van der Waals surface area contributed by atoms with E-state index < -0.39 is 0 Å². The number of hydrogen-bond donors (Lipinski definition) is 2. The largest absolute Gasteiger partial charge is 0.464 e. The Morgan fingerprint density at radius 2 is 2.00 bits per heavy atom. The van der Waals surface area contributed by atoms with Crippen LogP contribution >= 0.6 is 0 Å². The second-order valence-corrected chi connectivity index (χ2v) is 5.10. The Labute approximate surface area is 114 Å². The highest BCUT2D eigenvalue weighted by Gasteiger charge is 2.21. The highest BCUT2D eigenvalue weighted by Crippen LogP contribution is 2.25. The molecule has 1 aliphatic rings. The van der Waals surface area contributed by atoms with E-state index >= 15 is 0 Å². The molecule has 0 saturated heterocycles. The number of nitrogens with two attached hydrogens (primary N) is 1. The van der Waals surface area contributed by atoms with E-state index in [9.17, 15) is 0 Å². The lowest BCUT2D eigenvalue weighted by Crippen LogP contribution is -2.27. The van der Waals surface area contributed by atoms with Gasteiger partial charge in [0.05, 0.1) is 6.61 Å². The molecule has 1 saturated carbocycles. The fourth-order valence-corrected chi connectivity index (χ4v) is 2.50. The molecule has 2 rings (SSSR count). The fourth-order valence-electron chi connectivity index (χ4n) is 2.50. The number of nitrogens with one attached hydrogen (secondary N) is 1. The van der Waals surface area contributed by atoms with Gasteiger partial charge in [0.2, 0.25) is 11.9 Å². The third-order valence-corrected chi connectivity index (χ3v) is 3.58. The smallest absolute Gasteiger partial charge is 0.323 e. The standard InChI is InChI=1S/C13H23N5O/c1-3-19-13-17-11(14)16-12(18-13)15-10-8-6-4-5-7-9(10)2/h9-10H,3-8H2,1-2H3,(H3,14,15,16,17,18). The maximum Gasteiger partial charge on any atom is 0.323 e. The first-order valence-corrected chi connectivity index (χ1v) is 7.10. The van der Waals surface area contributed by atoms with Crippen molar-refractivity contribution in [2.24, 2.45) is 5.92 Å². The van der Waals surface area contributed by atoms with Crippen LogP contribution in [0, 0.1) is 5.92 Å². The van der Waals surface area contributed by atoms with Crippen LogP contribution in [0.15, 0.2) is 0 Å². The van der Waals surface area contributed by atoms with Crippen molar-refractivity contribution in [3.63, 3.8) is 0 Å². The summed E-state index contributed by atoms with van der Waals surface area (Å²) in [6.45, 7) is 4.68. The van der Waals surface area contributed by atoms with Crippen LogP contribution in [-0.4, -0.2) is 27.6 Å². The summed E-state index contributed by atoms with van der Waals surface area (Å²) in [4.78, 5) is 12.3. The second-order valence-electron chi connectivity index (χ2n) is 5.10. The molecule has 0 aromatic carbocycles. The number of aromatic nitrogens is 3. The zero-order chi connectivity index (χ0) is 13.7. The van der Waals surface area contributed by atoms with E-state index in [4.69, 9.17) is 10.5 Å². The van der Waals surface area contributed by atoms with E-state index in [1.807, 2.05) is 6.92 Å². The Kier molecular flexibility index (Phi) is 4.76. The molecule has 0 bridgehead atoms. The maximum absolute atomic E-state index is 5.68. The molecule has 1 fully saturated rings. The fraction of sp³-hybridized carbons (Fsp3) is 0.769. The zero-order valence-electron chi connectivity index (χ0n) is 11.7. The monoisotopic (exact) mass is 265 g/mol. The van der Waals surface area contributed by atoms with Gasteiger partial charge in [-0.15, -0.1) is 0 Å². The van der Waals surface area contributed by atoms with Gasteiger partial charge in [-0.05, 0) is 25.7 Å². The second kappa shape index (κ2) is 6.54. The molecule has 1 aromatic heterocycles. The first-order chi connectivity index (χ1) is 9.19. The molecule has 6 nitrogen and oxygen atoms in total. The van der Waals surface area contributed by atoms with E-state index in [0.29, 0.717) is 30.5 Å². The summed E-state index contributed by atoms with van der Waals surface area (Å²) in [5, 5.41) is 3.39. The molecule has 1 heterocycles. The summed E-state index contributed by atoms with van der Waals surface area (Å²) in [7, 11) is 0. The molecule has 2 atom stereocenters. The van der Waals surface area contributed by atoms with Crippen LogP contribution in [0.2, 0.25) is 0 Å². The van der Waals surface area contributed by atoms with E-state index in [-0.39, 0.29) is 5.95 Å². The molecule has 106 valence electrons. The zero-order valence-corrected chi connectivity index (χ0v) is 11.7. The summed E-state index contributed by atoms with van der Waals surface area (Å²) in [6.07, 6.45) is 6.27. The Morgan fingerprint density at radius 3 is 2.79 bits per heavy atom. The molecule has 0 aliphatic heterocycles. The number of hydrogen-bond acceptors (Lipinski definition) is 6. The van der Waals surface area contributed by atoms with Gasteiger partial charge in [-0.25, -0.2) is 0 Å². The number of ether oxygens (including phenoxy) is 1. The van der Waals surface area contributed by atoms with E-state index in [0.717, 1.165) is 6.42 Å². The topological polar surface area (TPSA) is 86.0 Å². The summed E-state index contributed by atoms with van der Waals surface area (Å²) in [5.74, 6) is 1.34. The molecule has 1 aromatic rings. The quantitative estimate of drug-likeness (QED) is 0.812. The Morgan fingerprint density at radius 1 is 1.21 bits per heavy atom. The highest BCUT2D eigenvalue weighted by molar-refractivity contribution is 5.33. The van der Waals surface area contributed by atoms with Crippen LogP contribution in [-0.2, 0) is 0 Å². The molecule has 1 aliphatic carbocycles. The van der Waals surface area contributed by atoms with Crippen LogP contribution < -0.4 is 15.8 Å². The summed E-state index contributed by atoms with van der Waals surface area (Å²) in [6, 6.07) is 0.692. The lowest BCUT2D eigenvalue weighted by molar-refractivity contribution is 0.312. The van der Waals surface area contributed by atoms with Gasteiger partial charge in [-0.1, -0.05) is 26.2 Å². The van der Waals surface area contributed by atoms with Gasteiger partial charge < -0.3 is 15.8 Å². The first-order valence-electron chi connectivity index (χ1n) is 7.10. The third kappa shape index (κ3) is 3.94.